The van der Waals surface area contributed by atoms with Gasteiger partial charge in [-0.2, -0.15) is 5.26 Å². The molecule has 0 aromatic heterocycles. The zero-order chi connectivity index (χ0) is 9.68. The minimum atomic E-state index is 0.111. The Balaban J connectivity index is 2.24. The molecule has 0 bridgehead atoms. The van der Waals surface area contributed by atoms with Crippen molar-refractivity contribution < 1.29 is 4.74 Å². The normalized spacial score (nSPS) is 30.8. The van der Waals surface area contributed by atoms with Crippen molar-refractivity contribution in [3.8, 4) is 6.07 Å². The standard InChI is InChI=1S/C11H19NO/c1-9-4-3-5-11(8-9)13-10(2)6-7-12/h9-11H,3-6,8H2,1-2H3. The highest BCUT2D eigenvalue weighted by Crippen LogP contribution is 2.26. The highest BCUT2D eigenvalue weighted by atomic mass is 16.5. The second kappa shape index (κ2) is 5.24. The molecular weight excluding hydrogens is 162 g/mol. The van der Waals surface area contributed by atoms with Crippen LogP contribution < -0.4 is 0 Å². The summed E-state index contributed by atoms with van der Waals surface area (Å²) in [5, 5.41) is 8.49. The molecule has 0 amide bonds. The van der Waals surface area contributed by atoms with Crippen molar-refractivity contribution in [3.05, 3.63) is 0 Å². The fourth-order valence-corrected chi connectivity index (χ4v) is 2.01. The maximum atomic E-state index is 8.49. The molecule has 0 radical (unpaired) electrons. The molecule has 3 atom stereocenters. The van der Waals surface area contributed by atoms with Gasteiger partial charge < -0.3 is 4.74 Å². The van der Waals surface area contributed by atoms with Crippen LogP contribution >= 0.6 is 0 Å². The Labute approximate surface area is 80.9 Å². The first kappa shape index (κ1) is 10.5. The third-order valence-electron chi connectivity index (χ3n) is 2.69. The van der Waals surface area contributed by atoms with Gasteiger partial charge in [-0.25, -0.2) is 0 Å². The Hall–Kier alpha value is -0.550. The monoisotopic (exact) mass is 181 g/mol. The van der Waals surface area contributed by atoms with Crippen molar-refractivity contribution in [2.75, 3.05) is 0 Å². The topological polar surface area (TPSA) is 33.0 Å². The Morgan fingerprint density at radius 3 is 2.92 bits per heavy atom. The molecule has 1 saturated carbocycles. The van der Waals surface area contributed by atoms with Gasteiger partial charge in [-0.3, -0.25) is 0 Å². The predicted octanol–water partition coefficient (Wildman–Crippen LogP) is 2.88. The lowest BCUT2D eigenvalue weighted by Gasteiger charge is -2.28. The summed E-state index contributed by atoms with van der Waals surface area (Å²) in [6.07, 6.45) is 6.02. The Bertz CT molecular complexity index is 185. The molecule has 0 saturated heterocycles. The van der Waals surface area contributed by atoms with Gasteiger partial charge >= 0.3 is 0 Å². The van der Waals surface area contributed by atoms with Crippen molar-refractivity contribution in [2.45, 2.75) is 58.2 Å². The molecule has 0 N–H and O–H groups in total. The molecule has 0 aromatic carbocycles. The molecule has 2 heteroatoms. The first-order valence-electron chi connectivity index (χ1n) is 5.24. The van der Waals surface area contributed by atoms with Gasteiger partial charge in [0.25, 0.3) is 0 Å². The number of rotatable bonds is 3. The SMILES string of the molecule is CC1CCCC(OC(C)CC#N)C1. The summed E-state index contributed by atoms with van der Waals surface area (Å²) in [7, 11) is 0. The summed E-state index contributed by atoms with van der Waals surface area (Å²) >= 11 is 0. The van der Waals surface area contributed by atoms with E-state index in [1.165, 1.54) is 25.7 Å². The molecule has 13 heavy (non-hydrogen) atoms. The van der Waals surface area contributed by atoms with Crippen LogP contribution in [0, 0.1) is 17.2 Å². The fraction of sp³-hybridized carbons (Fsp3) is 0.909. The van der Waals surface area contributed by atoms with Gasteiger partial charge in [-0.1, -0.05) is 19.8 Å². The maximum absolute atomic E-state index is 8.49. The van der Waals surface area contributed by atoms with E-state index < -0.39 is 0 Å². The third-order valence-corrected chi connectivity index (χ3v) is 2.69. The molecule has 0 heterocycles. The second-order valence-corrected chi connectivity index (χ2v) is 4.20. The highest BCUT2D eigenvalue weighted by molar-refractivity contribution is 4.76. The summed E-state index contributed by atoms with van der Waals surface area (Å²) in [4.78, 5) is 0. The average Bonchev–Trinajstić information content (AvgIpc) is 2.04. The summed E-state index contributed by atoms with van der Waals surface area (Å²) in [5.74, 6) is 0.799. The van der Waals surface area contributed by atoms with Crippen LogP contribution in [0.4, 0.5) is 0 Å². The number of nitriles is 1. The predicted molar refractivity (Wildman–Crippen MR) is 52.2 cm³/mol. The largest absolute Gasteiger partial charge is 0.374 e. The second-order valence-electron chi connectivity index (χ2n) is 4.20. The highest BCUT2D eigenvalue weighted by Gasteiger charge is 2.20. The zero-order valence-electron chi connectivity index (χ0n) is 8.62. The number of hydrogen-bond donors (Lipinski definition) is 0. The first-order valence-corrected chi connectivity index (χ1v) is 5.24. The summed E-state index contributed by atoms with van der Waals surface area (Å²) in [5.41, 5.74) is 0. The zero-order valence-corrected chi connectivity index (χ0v) is 8.62. The van der Waals surface area contributed by atoms with Crippen molar-refractivity contribution >= 4 is 0 Å². The fourth-order valence-electron chi connectivity index (χ4n) is 2.01. The van der Waals surface area contributed by atoms with Gasteiger partial charge in [0.1, 0.15) is 0 Å². The van der Waals surface area contributed by atoms with E-state index >= 15 is 0 Å². The number of hydrogen-bond acceptors (Lipinski definition) is 2. The van der Waals surface area contributed by atoms with E-state index in [0.717, 1.165) is 5.92 Å². The van der Waals surface area contributed by atoms with Gasteiger partial charge in [0.2, 0.25) is 0 Å². The van der Waals surface area contributed by atoms with Crippen LogP contribution in [0.25, 0.3) is 0 Å². The van der Waals surface area contributed by atoms with Crippen LogP contribution in [0.1, 0.15) is 46.0 Å². The van der Waals surface area contributed by atoms with E-state index in [2.05, 4.69) is 13.0 Å². The molecular formula is C11H19NO. The quantitative estimate of drug-likeness (QED) is 0.670. The lowest BCUT2D eigenvalue weighted by atomic mass is 9.88. The van der Waals surface area contributed by atoms with E-state index in [-0.39, 0.29) is 6.10 Å². The van der Waals surface area contributed by atoms with Gasteiger partial charge in [0, 0.05) is 0 Å². The Kier molecular flexibility index (Phi) is 4.24. The Morgan fingerprint density at radius 2 is 2.31 bits per heavy atom. The first-order chi connectivity index (χ1) is 6.22. The van der Waals surface area contributed by atoms with Crippen molar-refractivity contribution in [3.63, 3.8) is 0 Å². The van der Waals surface area contributed by atoms with Crippen LogP contribution in [-0.4, -0.2) is 12.2 Å². The van der Waals surface area contributed by atoms with Gasteiger partial charge in [-0.15, -0.1) is 0 Å². The summed E-state index contributed by atoms with van der Waals surface area (Å²) in [6.45, 7) is 4.27. The van der Waals surface area contributed by atoms with Crippen LogP contribution in [0.5, 0.6) is 0 Å². The summed E-state index contributed by atoms with van der Waals surface area (Å²) < 4.78 is 5.78. The van der Waals surface area contributed by atoms with Crippen LogP contribution in [-0.2, 0) is 4.74 Å². The van der Waals surface area contributed by atoms with E-state index in [1.807, 2.05) is 6.92 Å². The van der Waals surface area contributed by atoms with Crippen molar-refractivity contribution in [1.29, 1.82) is 5.26 Å². The molecule has 2 nitrogen and oxygen atoms in total. The van der Waals surface area contributed by atoms with E-state index in [1.54, 1.807) is 0 Å². The molecule has 0 spiro atoms. The molecule has 0 aliphatic heterocycles. The molecule has 3 unspecified atom stereocenters. The molecule has 1 aliphatic rings. The molecule has 1 rings (SSSR count). The van der Waals surface area contributed by atoms with Crippen LogP contribution in [0.15, 0.2) is 0 Å². The van der Waals surface area contributed by atoms with E-state index in [4.69, 9.17) is 10.00 Å². The average molecular weight is 181 g/mol. The summed E-state index contributed by atoms with van der Waals surface area (Å²) in [6, 6.07) is 2.14. The number of ether oxygens (including phenoxy) is 1. The maximum Gasteiger partial charge on any atom is 0.0680 e. The molecule has 1 aliphatic carbocycles. The van der Waals surface area contributed by atoms with Gasteiger partial charge in [0.15, 0.2) is 0 Å². The van der Waals surface area contributed by atoms with Crippen molar-refractivity contribution in [1.82, 2.24) is 0 Å². The van der Waals surface area contributed by atoms with Crippen LogP contribution in [0.2, 0.25) is 0 Å². The third kappa shape index (κ3) is 3.78. The number of nitrogens with zero attached hydrogens (tertiary/aromatic N) is 1. The minimum Gasteiger partial charge on any atom is -0.374 e. The van der Waals surface area contributed by atoms with Gasteiger partial charge in [-0.05, 0) is 25.7 Å². The smallest absolute Gasteiger partial charge is 0.0680 e. The van der Waals surface area contributed by atoms with Crippen LogP contribution in [0.3, 0.4) is 0 Å². The Morgan fingerprint density at radius 1 is 1.54 bits per heavy atom. The molecule has 1 fully saturated rings. The van der Waals surface area contributed by atoms with E-state index in [0.29, 0.717) is 12.5 Å². The lowest BCUT2D eigenvalue weighted by molar-refractivity contribution is -0.0279. The lowest BCUT2D eigenvalue weighted by Crippen LogP contribution is -2.25. The molecule has 0 aromatic rings. The van der Waals surface area contributed by atoms with E-state index in [9.17, 15) is 0 Å². The minimum absolute atomic E-state index is 0.111. The molecule has 74 valence electrons. The van der Waals surface area contributed by atoms with Gasteiger partial charge in [0.05, 0.1) is 24.7 Å². The van der Waals surface area contributed by atoms with Crippen molar-refractivity contribution in [2.24, 2.45) is 5.92 Å².